The monoisotopic (exact) mass is 1350 g/mol. The fourth-order valence-corrected chi connectivity index (χ4v) is 14.4. The lowest BCUT2D eigenvalue weighted by Gasteiger charge is -2.14. The Kier molecular flexibility index (Phi) is 35.0. The number of nitrogens with zero attached hydrogens (tertiary/aromatic N) is 4. The second-order valence-corrected chi connectivity index (χ2v) is 28.6. The maximum absolute atomic E-state index is 6.61. The van der Waals surface area contributed by atoms with Gasteiger partial charge in [-0.25, -0.2) is 20.0 Å². The minimum atomic E-state index is 0.675. The highest BCUT2D eigenvalue weighted by Crippen LogP contribution is 2.41. The van der Waals surface area contributed by atoms with Gasteiger partial charge in [-0.05, 0) is 145 Å². The zero-order chi connectivity index (χ0) is 69.3. The summed E-state index contributed by atoms with van der Waals surface area (Å²) < 4.78 is 26.4. The summed E-state index contributed by atoms with van der Waals surface area (Å²) in [6.45, 7) is 11.9. The van der Waals surface area contributed by atoms with Gasteiger partial charge in [-0.15, -0.1) is 0 Å². The van der Waals surface area contributed by atoms with Crippen LogP contribution in [0.5, 0.6) is 23.0 Å². The number of fused-ring (bicyclic) bond motifs is 4. The van der Waals surface area contributed by atoms with Gasteiger partial charge in [0.2, 0.25) is 0 Å². The summed E-state index contributed by atoms with van der Waals surface area (Å²) in [7, 11) is 0. The molecule has 5 heterocycles. The van der Waals surface area contributed by atoms with Crippen LogP contribution in [0.15, 0.2) is 188 Å². The number of benzene rings is 4. The molecule has 0 saturated carbocycles. The van der Waals surface area contributed by atoms with Gasteiger partial charge in [-0.1, -0.05) is 307 Å². The summed E-state index contributed by atoms with van der Waals surface area (Å²) in [6.07, 6.45) is 68.6. The number of allylic oxidation sites excluding steroid dienone is 12. The highest BCUT2D eigenvalue weighted by atomic mass is 16.5. The van der Waals surface area contributed by atoms with E-state index in [1.165, 1.54) is 231 Å². The highest BCUT2D eigenvalue weighted by Gasteiger charge is 2.29. The van der Waals surface area contributed by atoms with E-state index in [4.69, 9.17) is 38.9 Å². The summed E-state index contributed by atoms with van der Waals surface area (Å²) in [5.41, 5.74) is 14.2. The van der Waals surface area contributed by atoms with Crippen molar-refractivity contribution in [2.24, 2.45) is 20.0 Å². The lowest BCUT2D eigenvalue weighted by Crippen LogP contribution is -2.05. The van der Waals surface area contributed by atoms with Gasteiger partial charge in [0.25, 0.3) is 0 Å². The molecule has 0 N–H and O–H groups in total. The van der Waals surface area contributed by atoms with E-state index in [2.05, 4.69) is 173 Å². The quantitative estimate of drug-likeness (QED) is 0.0412. The maximum Gasteiger partial charge on any atom is 0.119 e. The van der Waals surface area contributed by atoms with Crippen molar-refractivity contribution in [2.75, 3.05) is 26.4 Å². The fraction of sp³-hybridized carbons (Fsp3) is 0.522. The normalized spacial score (nSPS) is 14.7. The van der Waals surface area contributed by atoms with Gasteiger partial charge in [0, 0.05) is 22.3 Å². The average Bonchev–Trinajstić information content (AvgIpc) is 1.53. The molecular formula is C92H124N4O4. The predicted octanol–water partition coefficient (Wildman–Crippen LogP) is 26.9. The van der Waals surface area contributed by atoms with Crippen molar-refractivity contribution >= 4 is 45.1 Å². The van der Waals surface area contributed by atoms with Gasteiger partial charge in [0.05, 0.1) is 72.1 Å². The molecule has 8 heteroatoms. The number of ether oxygens (including phenoxy) is 4. The molecule has 100 heavy (non-hydrogen) atoms. The zero-order valence-corrected chi connectivity index (χ0v) is 62.4. The Morgan fingerprint density at radius 1 is 0.210 bits per heavy atom. The number of aliphatic imine (C=N–C) groups is 4. The molecule has 536 valence electrons. The molecular weight excluding hydrogens is 1230 g/mol. The largest absolute Gasteiger partial charge is 0.494 e. The molecule has 8 bridgehead atoms. The molecule has 0 aromatic heterocycles. The van der Waals surface area contributed by atoms with Crippen molar-refractivity contribution in [1.29, 1.82) is 0 Å². The standard InChI is InChI=1S/C92H124N4O4/c1-5-9-13-17-21-25-29-33-37-41-65-97-77-53-45-49-73(69-77)89-81-57-59-83(93-81)90(74-50-46-54-78(70-74)98-66-42-38-34-30-26-22-18-14-10-6-2)85-61-63-87(95-85)92(76-52-48-56-80(72-76)100-68-44-40-36-32-28-24-20-16-12-8-4)88-64-62-86(96-88)91(84-60-58-82(89)94-84)75-51-47-55-79(71-75)99-67-43-39-35-31-27-23-19-15-11-7-3/h45-64,69-72H,5-44,65-68H2,1-4H3. The summed E-state index contributed by atoms with van der Waals surface area (Å²) in [5.74, 6) is 3.37. The Bertz CT molecular complexity index is 3080. The first-order chi connectivity index (χ1) is 49.5. The maximum atomic E-state index is 6.61. The van der Waals surface area contributed by atoms with E-state index in [-0.39, 0.29) is 0 Å². The molecule has 5 aliphatic rings. The SMILES string of the molecule is CCCCCCCCCCCCOc1cccc(C2=C3C=CC(=N3)C(c3cccc(OCCCCCCCCCCCC)c3)=C3C=CC(=N3)C(c3cccc(OCCCCCCCCCCCC)c3)=C3C=CC(=N3)C(c3cccc(OCCCCCCCCCCCC)c3)=C3C=CC2=N3)c1. The predicted molar refractivity (Wildman–Crippen MR) is 429 cm³/mol. The van der Waals surface area contributed by atoms with Crippen molar-refractivity contribution < 1.29 is 18.9 Å². The third-order valence-corrected chi connectivity index (χ3v) is 20.2. The molecule has 0 spiro atoms. The van der Waals surface area contributed by atoms with E-state index in [1.54, 1.807) is 0 Å². The van der Waals surface area contributed by atoms with Crippen LogP contribution in [0, 0.1) is 0 Å². The van der Waals surface area contributed by atoms with Crippen LogP contribution in [0.4, 0.5) is 0 Å². The molecule has 0 saturated heterocycles. The molecule has 8 nitrogen and oxygen atoms in total. The molecule has 0 fully saturated rings. The van der Waals surface area contributed by atoms with Crippen molar-refractivity contribution in [2.45, 2.75) is 285 Å². The van der Waals surface area contributed by atoms with Crippen LogP contribution < -0.4 is 18.9 Å². The molecule has 9 rings (SSSR count). The van der Waals surface area contributed by atoms with Crippen molar-refractivity contribution in [3.63, 3.8) is 0 Å². The average molecular weight is 1350 g/mol. The fourth-order valence-electron chi connectivity index (χ4n) is 14.4. The van der Waals surface area contributed by atoms with Crippen molar-refractivity contribution in [3.8, 4) is 23.0 Å². The number of hydrogen-bond donors (Lipinski definition) is 0. The molecule has 0 amide bonds. The van der Waals surface area contributed by atoms with E-state index in [9.17, 15) is 0 Å². The highest BCUT2D eigenvalue weighted by molar-refractivity contribution is 6.39. The smallest absolute Gasteiger partial charge is 0.119 e. The Morgan fingerprint density at radius 2 is 0.390 bits per heavy atom. The summed E-state index contributed by atoms with van der Waals surface area (Å²) >= 11 is 0. The minimum Gasteiger partial charge on any atom is -0.494 e. The third-order valence-electron chi connectivity index (χ3n) is 20.2. The summed E-state index contributed by atoms with van der Waals surface area (Å²) in [4.78, 5) is 22.7. The first-order valence-corrected chi connectivity index (χ1v) is 40.5. The molecule has 4 aromatic carbocycles. The molecule has 0 aliphatic carbocycles. The molecule has 0 radical (unpaired) electrons. The summed E-state index contributed by atoms with van der Waals surface area (Å²) in [6, 6.07) is 34.2. The van der Waals surface area contributed by atoms with E-state index in [0.717, 1.165) is 139 Å². The van der Waals surface area contributed by atoms with Crippen molar-refractivity contribution in [1.82, 2.24) is 0 Å². The number of hydrogen-bond acceptors (Lipinski definition) is 8. The third kappa shape index (κ3) is 25.6. The van der Waals surface area contributed by atoms with E-state index in [0.29, 0.717) is 26.4 Å². The minimum absolute atomic E-state index is 0.675. The van der Waals surface area contributed by atoms with Crippen LogP contribution in [0.3, 0.4) is 0 Å². The second-order valence-electron chi connectivity index (χ2n) is 28.6. The van der Waals surface area contributed by atoms with E-state index < -0.39 is 0 Å². The van der Waals surface area contributed by atoms with Crippen LogP contribution in [0.2, 0.25) is 0 Å². The Labute approximate surface area is 605 Å². The van der Waals surface area contributed by atoms with E-state index >= 15 is 0 Å². The Balaban J connectivity index is 1.06. The van der Waals surface area contributed by atoms with Gasteiger partial charge in [-0.3, -0.25) is 0 Å². The molecule has 5 aliphatic heterocycles. The van der Waals surface area contributed by atoms with Crippen LogP contribution in [0.1, 0.15) is 307 Å². The van der Waals surface area contributed by atoms with Crippen molar-refractivity contribution in [3.05, 3.63) is 191 Å². The molecule has 0 atom stereocenters. The van der Waals surface area contributed by atoms with Crippen LogP contribution in [0.25, 0.3) is 22.3 Å². The Morgan fingerprint density at radius 3 is 0.580 bits per heavy atom. The second kappa shape index (κ2) is 45.5. The molecule has 0 unspecified atom stereocenters. The van der Waals surface area contributed by atoms with Crippen LogP contribution >= 0.6 is 0 Å². The first kappa shape index (κ1) is 76.9. The van der Waals surface area contributed by atoms with Gasteiger partial charge in [0.1, 0.15) is 23.0 Å². The zero-order valence-electron chi connectivity index (χ0n) is 62.4. The lowest BCUT2D eigenvalue weighted by atomic mass is 9.98. The van der Waals surface area contributed by atoms with Gasteiger partial charge in [0.15, 0.2) is 0 Å². The Hall–Kier alpha value is -7.32. The van der Waals surface area contributed by atoms with Crippen LogP contribution in [-0.4, -0.2) is 49.3 Å². The topological polar surface area (TPSA) is 86.4 Å². The van der Waals surface area contributed by atoms with Crippen LogP contribution in [-0.2, 0) is 0 Å². The number of rotatable bonds is 52. The van der Waals surface area contributed by atoms with Gasteiger partial charge in [-0.2, -0.15) is 0 Å². The van der Waals surface area contributed by atoms with E-state index in [1.807, 2.05) is 0 Å². The van der Waals surface area contributed by atoms with Gasteiger partial charge >= 0.3 is 0 Å². The van der Waals surface area contributed by atoms with Gasteiger partial charge < -0.3 is 18.9 Å². The number of unbranched alkanes of at least 4 members (excludes halogenated alkanes) is 36. The summed E-state index contributed by atoms with van der Waals surface area (Å²) in [5, 5.41) is 0. The first-order valence-electron chi connectivity index (χ1n) is 40.5. The molecule has 4 aromatic rings. The lowest BCUT2D eigenvalue weighted by molar-refractivity contribution is 0.304.